The van der Waals surface area contributed by atoms with Crippen LogP contribution in [-0.4, -0.2) is 9.78 Å². The van der Waals surface area contributed by atoms with Crippen LogP contribution >= 0.6 is 15.9 Å². The van der Waals surface area contributed by atoms with E-state index in [1.54, 1.807) is 4.68 Å². The minimum atomic E-state index is 0.273. The first-order chi connectivity index (χ1) is 8.90. The number of ether oxygens (including phenoxy) is 1. The smallest absolute Gasteiger partial charge is 0.241 e. The lowest BCUT2D eigenvalue weighted by molar-refractivity contribution is 0.429. The molecule has 5 heteroatoms. The third-order valence-electron chi connectivity index (χ3n) is 2.95. The Bertz CT molecular complexity index is 605. The summed E-state index contributed by atoms with van der Waals surface area (Å²) in [5, 5.41) is 4.41. The number of nitrogens with zero attached hydrogens (tertiary/aromatic N) is 2. The number of hydrogen-bond donors (Lipinski definition) is 1. The van der Waals surface area contributed by atoms with Crippen LogP contribution in [0.5, 0.6) is 11.6 Å². The molecule has 0 fully saturated rings. The fourth-order valence-electron chi connectivity index (χ4n) is 1.92. The second-order valence-corrected chi connectivity index (χ2v) is 5.81. The van der Waals surface area contributed by atoms with Crippen LogP contribution in [0.4, 0.5) is 5.69 Å². The van der Waals surface area contributed by atoms with E-state index in [2.05, 4.69) is 34.9 Å². The Hall–Kier alpha value is -1.49. The highest BCUT2D eigenvalue weighted by molar-refractivity contribution is 9.10. The highest BCUT2D eigenvalue weighted by Crippen LogP contribution is 2.34. The number of hydrogen-bond acceptors (Lipinski definition) is 3. The molecule has 0 amide bonds. The summed E-state index contributed by atoms with van der Waals surface area (Å²) in [5.41, 5.74) is 8.64. The van der Waals surface area contributed by atoms with Gasteiger partial charge < -0.3 is 10.5 Å². The first-order valence-electron chi connectivity index (χ1n) is 6.16. The van der Waals surface area contributed by atoms with Crippen LogP contribution in [0.3, 0.4) is 0 Å². The molecule has 1 heterocycles. The lowest BCUT2D eigenvalue weighted by Crippen LogP contribution is -1.98. The lowest BCUT2D eigenvalue weighted by Gasteiger charge is -2.09. The lowest BCUT2D eigenvalue weighted by atomic mass is 10.1. The maximum Gasteiger partial charge on any atom is 0.241 e. The molecular weight excluding hydrogens is 306 g/mol. The summed E-state index contributed by atoms with van der Waals surface area (Å²) >= 11 is 3.44. The van der Waals surface area contributed by atoms with Gasteiger partial charge in [0.15, 0.2) is 0 Å². The Morgan fingerprint density at radius 1 is 1.37 bits per heavy atom. The molecular formula is C14H18BrN3O. The van der Waals surface area contributed by atoms with E-state index >= 15 is 0 Å². The van der Waals surface area contributed by atoms with Gasteiger partial charge in [-0.25, -0.2) is 4.68 Å². The third-order valence-corrected chi connectivity index (χ3v) is 3.44. The topological polar surface area (TPSA) is 53.1 Å². The van der Waals surface area contributed by atoms with Gasteiger partial charge in [0.2, 0.25) is 5.88 Å². The molecule has 2 aromatic rings. The number of rotatable bonds is 3. The van der Waals surface area contributed by atoms with Crippen LogP contribution in [0.1, 0.15) is 31.0 Å². The fourth-order valence-corrected chi connectivity index (χ4v) is 2.40. The molecule has 0 aliphatic rings. The quantitative estimate of drug-likeness (QED) is 0.929. The van der Waals surface area contributed by atoms with Crippen LogP contribution in [0.25, 0.3) is 0 Å². The van der Waals surface area contributed by atoms with Gasteiger partial charge in [0, 0.05) is 11.5 Å². The predicted molar refractivity (Wildman–Crippen MR) is 80.7 cm³/mol. The number of anilines is 1. The summed E-state index contributed by atoms with van der Waals surface area (Å²) in [4.78, 5) is 0. The molecule has 19 heavy (non-hydrogen) atoms. The van der Waals surface area contributed by atoms with Crippen molar-refractivity contribution in [3.63, 3.8) is 0 Å². The molecule has 2 rings (SSSR count). The van der Waals surface area contributed by atoms with Crippen molar-refractivity contribution in [2.24, 2.45) is 7.05 Å². The van der Waals surface area contributed by atoms with Gasteiger partial charge in [-0.2, -0.15) is 5.10 Å². The Kier molecular flexibility index (Phi) is 3.85. The molecule has 0 aliphatic carbocycles. The highest BCUT2D eigenvalue weighted by Gasteiger charge is 2.18. The molecule has 2 N–H and O–H groups in total. The Labute approximate surface area is 121 Å². The van der Waals surface area contributed by atoms with Crippen LogP contribution in [0, 0.1) is 6.92 Å². The maximum atomic E-state index is 6.12. The molecule has 0 radical (unpaired) electrons. The number of benzene rings is 1. The molecule has 0 spiro atoms. The van der Waals surface area contributed by atoms with Gasteiger partial charge in [-0.1, -0.05) is 29.8 Å². The maximum absolute atomic E-state index is 6.12. The van der Waals surface area contributed by atoms with Gasteiger partial charge in [-0.05, 0) is 36.6 Å². The molecule has 0 atom stereocenters. The van der Waals surface area contributed by atoms with E-state index in [0.717, 1.165) is 21.5 Å². The first kappa shape index (κ1) is 13.9. The first-order valence-corrected chi connectivity index (χ1v) is 6.95. The van der Waals surface area contributed by atoms with Crippen molar-refractivity contribution in [2.45, 2.75) is 26.7 Å². The molecule has 0 aliphatic heterocycles. The van der Waals surface area contributed by atoms with Gasteiger partial charge in [0.1, 0.15) is 11.4 Å². The number of nitrogen functional groups attached to an aromatic ring is 1. The second-order valence-electron chi connectivity index (χ2n) is 4.89. The third kappa shape index (κ3) is 2.76. The van der Waals surface area contributed by atoms with E-state index in [1.807, 2.05) is 32.2 Å². The SMILES string of the molecule is Cc1cc(Br)ccc1Oc1c(N)c(C(C)C)nn1C. The highest BCUT2D eigenvalue weighted by atomic mass is 79.9. The molecule has 102 valence electrons. The zero-order valence-corrected chi connectivity index (χ0v) is 13.2. The number of nitrogens with two attached hydrogens (primary N) is 1. The van der Waals surface area contributed by atoms with Crippen molar-refractivity contribution in [3.05, 3.63) is 33.9 Å². The van der Waals surface area contributed by atoms with E-state index in [4.69, 9.17) is 10.5 Å². The van der Waals surface area contributed by atoms with Gasteiger partial charge in [-0.15, -0.1) is 0 Å². The van der Waals surface area contributed by atoms with E-state index < -0.39 is 0 Å². The average Bonchev–Trinajstić information content (AvgIpc) is 2.60. The zero-order chi connectivity index (χ0) is 14.2. The fraction of sp³-hybridized carbons (Fsp3) is 0.357. The minimum absolute atomic E-state index is 0.273. The molecule has 0 unspecified atom stereocenters. The standard InChI is InChI=1S/C14H18BrN3O/c1-8(2)13-12(16)14(18(4)17-13)19-11-6-5-10(15)7-9(11)3/h5-8H,16H2,1-4H3. The molecule has 1 aromatic carbocycles. The Morgan fingerprint density at radius 2 is 2.05 bits per heavy atom. The summed E-state index contributed by atoms with van der Waals surface area (Å²) in [6, 6.07) is 5.87. The van der Waals surface area contributed by atoms with Gasteiger partial charge in [0.25, 0.3) is 0 Å². The predicted octanol–water partition coefficient (Wildman–Crippen LogP) is 3.99. The zero-order valence-electron chi connectivity index (χ0n) is 11.6. The molecule has 4 nitrogen and oxygen atoms in total. The van der Waals surface area contributed by atoms with E-state index in [-0.39, 0.29) is 5.92 Å². The van der Waals surface area contributed by atoms with Crippen LogP contribution < -0.4 is 10.5 Å². The van der Waals surface area contributed by atoms with Crippen LogP contribution in [0.2, 0.25) is 0 Å². The van der Waals surface area contributed by atoms with E-state index in [1.165, 1.54) is 0 Å². The van der Waals surface area contributed by atoms with Crippen molar-refractivity contribution in [2.75, 3.05) is 5.73 Å². The van der Waals surface area contributed by atoms with Crippen LogP contribution in [0.15, 0.2) is 22.7 Å². The molecule has 0 saturated carbocycles. The van der Waals surface area contributed by atoms with Gasteiger partial charge in [-0.3, -0.25) is 0 Å². The van der Waals surface area contributed by atoms with Gasteiger partial charge >= 0.3 is 0 Å². The van der Waals surface area contributed by atoms with Crippen molar-refractivity contribution in [3.8, 4) is 11.6 Å². The van der Waals surface area contributed by atoms with Crippen molar-refractivity contribution in [1.29, 1.82) is 0 Å². The summed E-state index contributed by atoms with van der Waals surface area (Å²) in [7, 11) is 1.84. The van der Waals surface area contributed by atoms with Crippen molar-refractivity contribution in [1.82, 2.24) is 9.78 Å². The monoisotopic (exact) mass is 323 g/mol. The molecule has 0 saturated heterocycles. The molecule has 1 aromatic heterocycles. The normalized spacial score (nSPS) is 11.1. The number of aromatic nitrogens is 2. The van der Waals surface area contributed by atoms with Gasteiger partial charge in [0.05, 0.1) is 5.69 Å². The average molecular weight is 324 g/mol. The van der Waals surface area contributed by atoms with Crippen LogP contribution in [-0.2, 0) is 7.05 Å². The number of aryl methyl sites for hydroxylation is 2. The Morgan fingerprint density at radius 3 is 2.58 bits per heavy atom. The van der Waals surface area contributed by atoms with Crippen molar-refractivity contribution < 1.29 is 4.74 Å². The summed E-state index contributed by atoms with van der Waals surface area (Å²) in [5.74, 6) is 1.65. The van der Waals surface area contributed by atoms with E-state index in [0.29, 0.717) is 11.6 Å². The summed E-state index contributed by atoms with van der Waals surface area (Å²) in [6.45, 7) is 6.12. The second kappa shape index (κ2) is 5.25. The summed E-state index contributed by atoms with van der Waals surface area (Å²) < 4.78 is 8.62. The largest absolute Gasteiger partial charge is 0.437 e. The minimum Gasteiger partial charge on any atom is -0.437 e. The Balaban J connectivity index is 2.38. The summed E-state index contributed by atoms with van der Waals surface area (Å²) in [6.07, 6.45) is 0. The van der Waals surface area contributed by atoms with E-state index in [9.17, 15) is 0 Å². The number of halogens is 1. The molecule has 0 bridgehead atoms. The van der Waals surface area contributed by atoms with Crippen molar-refractivity contribution >= 4 is 21.6 Å².